The Morgan fingerprint density at radius 1 is 1.64 bits per heavy atom. The van der Waals surface area contributed by atoms with Crippen molar-refractivity contribution < 1.29 is 9.53 Å². The van der Waals surface area contributed by atoms with Crippen LogP contribution in [-0.2, 0) is 9.53 Å². The van der Waals surface area contributed by atoms with Crippen LogP contribution in [-0.4, -0.2) is 39.3 Å². The van der Waals surface area contributed by atoms with E-state index in [1.165, 1.54) is 0 Å². The van der Waals surface area contributed by atoms with Crippen molar-refractivity contribution in [1.29, 1.82) is 0 Å². The minimum absolute atomic E-state index is 0.00333. The molecule has 0 heterocycles. The van der Waals surface area contributed by atoms with Gasteiger partial charge in [0, 0.05) is 13.7 Å². The Morgan fingerprint density at radius 3 is 2.73 bits per heavy atom. The first kappa shape index (κ1) is 10.4. The number of ether oxygens (including phenoxy) is 1. The zero-order valence-electron chi connectivity index (χ0n) is 7.31. The summed E-state index contributed by atoms with van der Waals surface area (Å²) in [6.45, 7) is 2.83. The van der Waals surface area contributed by atoms with E-state index in [9.17, 15) is 4.79 Å². The lowest BCUT2D eigenvalue weighted by Crippen LogP contribution is -2.36. The van der Waals surface area contributed by atoms with Gasteiger partial charge in [-0.25, -0.2) is 0 Å². The molecule has 11 heavy (non-hydrogen) atoms. The third kappa shape index (κ3) is 5.82. The molecule has 1 atom stereocenters. The molecule has 0 rings (SSSR count). The standard InChI is InChI=1S/C7H16N2O2/c1-6(11-3)4-9-7(10)5-8-2/h6,8H,4-5H2,1-3H3,(H,9,10). The number of methoxy groups -OCH3 is 1. The molecule has 1 unspecified atom stereocenters. The van der Waals surface area contributed by atoms with Gasteiger partial charge in [0.15, 0.2) is 0 Å². The Hall–Kier alpha value is -0.610. The number of hydrogen-bond acceptors (Lipinski definition) is 3. The average Bonchev–Trinajstić information content (AvgIpc) is 2.01. The zero-order chi connectivity index (χ0) is 8.69. The lowest BCUT2D eigenvalue weighted by molar-refractivity contribution is -0.120. The first-order valence-electron chi connectivity index (χ1n) is 3.64. The monoisotopic (exact) mass is 160 g/mol. The van der Waals surface area contributed by atoms with Crippen molar-refractivity contribution in [2.24, 2.45) is 0 Å². The van der Waals surface area contributed by atoms with E-state index in [1.807, 2.05) is 6.92 Å². The summed E-state index contributed by atoms with van der Waals surface area (Å²) in [4.78, 5) is 10.8. The van der Waals surface area contributed by atoms with Crippen LogP contribution in [0.1, 0.15) is 6.92 Å². The molecular formula is C7H16N2O2. The number of rotatable bonds is 5. The van der Waals surface area contributed by atoms with Crippen LogP contribution in [0.15, 0.2) is 0 Å². The second-order valence-corrected chi connectivity index (χ2v) is 2.38. The first-order valence-corrected chi connectivity index (χ1v) is 3.64. The van der Waals surface area contributed by atoms with E-state index in [0.29, 0.717) is 13.1 Å². The van der Waals surface area contributed by atoms with E-state index in [1.54, 1.807) is 14.2 Å². The molecule has 0 bridgehead atoms. The van der Waals surface area contributed by atoms with Gasteiger partial charge in [-0.1, -0.05) is 0 Å². The van der Waals surface area contributed by atoms with E-state index in [4.69, 9.17) is 4.74 Å². The SMILES string of the molecule is CNCC(=O)NCC(C)OC. The maximum atomic E-state index is 10.8. The second kappa shape index (κ2) is 6.12. The molecule has 0 aliphatic heterocycles. The van der Waals surface area contributed by atoms with E-state index < -0.39 is 0 Å². The highest BCUT2D eigenvalue weighted by atomic mass is 16.5. The van der Waals surface area contributed by atoms with Gasteiger partial charge in [-0.2, -0.15) is 0 Å². The average molecular weight is 160 g/mol. The molecule has 0 fully saturated rings. The molecule has 0 saturated heterocycles. The summed E-state index contributed by atoms with van der Waals surface area (Å²) in [5, 5.41) is 5.46. The van der Waals surface area contributed by atoms with Crippen molar-refractivity contribution in [2.45, 2.75) is 13.0 Å². The number of amides is 1. The summed E-state index contributed by atoms with van der Waals surface area (Å²) in [7, 11) is 3.36. The fourth-order valence-electron chi connectivity index (χ4n) is 0.564. The molecular weight excluding hydrogens is 144 g/mol. The van der Waals surface area contributed by atoms with Gasteiger partial charge in [-0.15, -0.1) is 0 Å². The molecule has 0 aromatic carbocycles. The second-order valence-electron chi connectivity index (χ2n) is 2.38. The third-order valence-electron chi connectivity index (χ3n) is 1.33. The third-order valence-corrected chi connectivity index (χ3v) is 1.33. The van der Waals surface area contributed by atoms with Crippen molar-refractivity contribution in [3.8, 4) is 0 Å². The van der Waals surface area contributed by atoms with Crippen LogP contribution in [0.5, 0.6) is 0 Å². The summed E-state index contributed by atoms with van der Waals surface area (Å²) in [5.41, 5.74) is 0. The van der Waals surface area contributed by atoms with E-state index in [-0.39, 0.29) is 12.0 Å². The minimum Gasteiger partial charge on any atom is -0.380 e. The highest BCUT2D eigenvalue weighted by molar-refractivity contribution is 5.77. The van der Waals surface area contributed by atoms with Crippen molar-refractivity contribution in [1.82, 2.24) is 10.6 Å². The number of carbonyl (C=O) groups excluding carboxylic acids is 1. The van der Waals surface area contributed by atoms with Gasteiger partial charge in [0.25, 0.3) is 0 Å². The Bertz CT molecular complexity index is 117. The van der Waals surface area contributed by atoms with E-state index >= 15 is 0 Å². The highest BCUT2D eigenvalue weighted by Crippen LogP contribution is 1.82. The summed E-state index contributed by atoms with van der Waals surface area (Å²) < 4.78 is 4.94. The molecule has 0 aliphatic carbocycles. The largest absolute Gasteiger partial charge is 0.380 e. The lowest BCUT2D eigenvalue weighted by atomic mass is 10.4. The molecule has 4 heteroatoms. The van der Waals surface area contributed by atoms with Crippen LogP contribution in [0.2, 0.25) is 0 Å². The topological polar surface area (TPSA) is 50.4 Å². The predicted octanol–water partition coefficient (Wildman–Crippen LogP) is -0.643. The number of nitrogens with one attached hydrogen (secondary N) is 2. The van der Waals surface area contributed by atoms with Gasteiger partial charge in [-0.05, 0) is 14.0 Å². The maximum absolute atomic E-state index is 10.8. The zero-order valence-corrected chi connectivity index (χ0v) is 7.31. The Balaban J connectivity index is 3.30. The summed E-state index contributed by atoms with van der Waals surface area (Å²) in [6, 6.07) is 0. The molecule has 1 amide bonds. The summed E-state index contributed by atoms with van der Waals surface area (Å²) in [5.74, 6) is -0.00333. The quantitative estimate of drug-likeness (QED) is 0.562. The molecule has 2 N–H and O–H groups in total. The van der Waals surface area contributed by atoms with Gasteiger partial charge in [-0.3, -0.25) is 4.79 Å². The Labute approximate surface area is 67.3 Å². The Morgan fingerprint density at radius 2 is 2.27 bits per heavy atom. The fraction of sp³-hybridized carbons (Fsp3) is 0.857. The number of hydrogen-bond donors (Lipinski definition) is 2. The van der Waals surface area contributed by atoms with Crippen LogP contribution >= 0.6 is 0 Å². The van der Waals surface area contributed by atoms with Gasteiger partial charge < -0.3 is 15.4 Å². The smallest absolute Gasteiger partial charge is 0.234 e. The number of likely N-dealkylation sites (N-methyl/N-ethyl adjacent to an activating group) is 1. The van der Waals surface area contributed by atoms with Crippen molar-refractivity contribution >= 4 is 5.91 Å². The molecule has 66 valence electrons. The fourth-order valence-corrected chi connectivity index (χ4v) is 0.564. The molecule has 0 aliphatic rings. The molecule has 4 nitrogen and oxygen atoms in total. The van der Waals surface area contributed by atoms with Gasteiger partial charge in [0.1, 0.15) is 0 Å². The van der Waals surface area contributed by atoms with Crippen LogP contribution in [0, 0.1) is 0 Å². The summed E-state index contributed by atoms with van der Waals surface area (Å²) >= 11 is 0. The summed E-state index contributed by atoms with van der Waals surface area (Å²) in [6.07, 6.45) is 0.0795. The molecule has 0 saturated carbocycles. The molecule has 0 radical (unpaired) electrons. The van der Waals surface area contributed by atoms with Crippen LogP contribution in [0.3, 0.4) is 0 Å². The highest BCUT2D eigenvalue weighted by Gasteiger charge is 2.01. The maximum Gasteiger partial charge on any atom is 0.234 e. The lowest BCUT2D eigenvalue weighted by Gasteiger charge is -2.09. The van der Waals surface area contributed by atoms with Crippen molar-refractivity contribution in [3.63, 3.8) is 0 Å². The van der Waals surface area contributed by atoms with Crippen LogP contribution < -0.4 is 10.6 Å². The van der Waals surface area contributed by atoms with Gasteiger partial charge in [0.2, 0.25) is 5.91 Å². The Kier molecular flexibility index (Phi) is 5.78. The first-order chi connectivity index (χ1) is 5.20. The van der Waals surface area contributed by atoms with E-state index in [0.717, 1.165) is 0 Å². The van der Waals surface area contributed by atoms with Crippen molar-refractivity contribution in [3.05, 3.63) is 0 Å². The minimum atomic E-state index is -0.00333. The molecule has 0 aromatic rings. The molecule has 0 aromatic heterocycles. The molecule has 0 spiro atoms. The van der Waals surface area contributed by atoms with Gasteiger partial charge in [0.05, 0.1) is 12.6 Å². The van der Waals surface area contributed by atoms with Gasteiger partial charge >= 0.3 is 0 Å². The van der Waals surface area contributed by atoms with Crippen molar-refractivity contribution in [2.75, 3.05) is 27.2 Å². The van der Waals surface area contributed by atoms with E-state index in [2.05, 4.69) is 10.6 Å². The predicted molar refractivity (Wildman–Crippen MR) is 43.4 cm³/mol. The van der Waals surface area contributed by atoms with Crippen LogP contribution in [0.25, 0.3) is 0 Å². The van der Waals surface area contributed by atoms with Crippen LogP contribution in [0.4, 0.5) is 0 Å². The normalized spacial score (nSPS) is 12.6. The number of carbonyl (C=O) groups is 1.